The van der Waals surface area contributed by atoms with Gasteiger partial charge in [-0.2, -0.15) is 106 Å². The van der Waals surface area contributed by atoms with E-state index in [-0.39, 0.29) is 0 Å². The molecule has 0 amide bonds. The standard InChI is InChI=1S/C21H36S5.C16H28S4/c1-2-16(1)10-22-8-7-19-14-26-20(13-23-11-17-3-4-17)9-21(15-25-19)24-12-18-5-6-18;1-2-13(1)9-17-7-5-16-12-20-15(6-8-19-16)11-18-10-14-3-4-14/h16-21H,1-15H2;13-16H,1-12H2. The highest BCUT2D eigenvalue weighted by molar-refractivity contribution is 8.07. The highest BCUT2D eigenvalue weighted by Crippen LogP contribution is 2.41. The maximum absolute atomic E-state index is 2.34. The van der Waals surface area contributed by atoms with Crippen LogP contribution in [0.5, 0.6) is 0 Å². The second-order valence-electron chi connectivity index (χ2n) is 15.4. The van der Waals surface area contributed by atoms with Gasteiger partial charge in [0.15, 0.2) is 0 Å². The van der Waals surface area contributed by atoms with Crippen molar-refractivity contribution in [3.63, 3.8) is 0 Å². The molecule has 7 rings (SSSR count). The van der Waals surface area contributed by atoms with Gasteiger partial charge in [0, 0.05) is 55.0 Å². The van der Waals surface area contributed by atoms with Crippen molar-refractivity contribution in [2.75, 3.05) is 74.8 Å². The highest BCUT2D eigenvalue weighted by Gasteiger charge is 2.29. The molecule has 7 fully saturated rings. The zero-order valence-corrected chi connectivity index (χ0v) is 35.9. The van der Waals surface area contributed by atoms with Crippen molar-refractivity contribution in [3.8, 4) is 0 Å². The summed E-state index contributed by atoms with van der Waals surface area (Å²) in [5.74, 6) is 24.1. The van der Waals surface area contributed by atoms with Gasteiger partial charge < -0.3 is 0 Å². The summed E-state index contributed by atoms with van der Waals surface area (Å²) in [5, 5.41) is 4.69. The molecule has 0 N–H and O–H groups in total. The zero-order valence-electron chi connectivity index (χ0n) is 28.5. The van der Waals surface area contributed by atoms with E-state index in [1.54, 1.807) is 0 Å². The van der Waals surface area contributed by atoms with Crippen LogP contribution in [0.25, 0.3) is 0 Å². The number of hydrogen-bond acceptors (Lipinski definition) is 9. The predicted molar refractivity (Wildman–Crippen MR) is 233 cm³/mol. The Kier molecular flexibility index (Phi) is 18.9. The minimum Gasteiger partial charge on any atom is -0.162 e. The lowest BCUT2D eigenvalue weighted by molar-refractivity contribution is 0.797. The van der Waals surface area contributed by atoms with Crippen LogP contribution in [0.3, 0.4) is 0 Å². The summed E-state index contributed by atoms with van der Waals surface area (Å²) >= 11 is 20.6. The molecule has 46 heavy (non-hydrogen) atoms. The van der Waals surface area contributed by atoms with E-state index in [1.807, 2.05) is 0 Å². The Morgan fingerprint density at radius 3 is 1.41 bits per heavy atom. The molecule has 0 aromatic rings. The SMILES string of the molecule is C(CC1CSC(CSCC2CC2)CC(SCC2CC2)CS1)SCC1CC1.C(CC1CSC(CSCC2CC2)CCS1)SCC1CC1. The summed E-state index contributed by atoms with van der Waals surface area (Å²) < 4.78 is 0. The second-order valence-corrected chi connectivity index (χ2v) is 26.5. The van der Waals surface area contributed by atoms with Crippen molar-refractivity contribution >= 4 is 106 Å². The average molecular weight is 798 g/mol. The van der Waals surface area contributed by atoms with Crippen LogP contribution in [-0.4, -0.2) is 101 Å². The van der Waals surface area contributed by atoms with E-state index in [0.29, 0.717) is 0 Å². The molecule has 0 spiro atoms. The third-order valence-corrected chi connectivity index (χ3v) is 23.5. The van der Waals surface area contributed by atoms with E-state index in [9.17, 15) is 0 Å². The Labute approximate surface area is 323 Å². The van der Waals surface area contributed by atoms with Crippen LogP contribution >= 0.6 is 106 Å². The van der Waals surface area contributed by atoms with Crippen LogP contribution in [0.1, 0.15) is 89.9 Å². The molecule has 2 heterocycles. The molecule has 2 saturated heterocycles. The van der Waals surface area contributed by atoms with E-state index < -0.39 is 0 Å². The summed E-state index contributed by atoms with van der Waals surface area (Å²) in [7, 11) is 0. The molecule has 2 aliphatic heterocycles. The van der Waals surface area contributed by atoms with Crippen molar-refractivity contribution in [2.24, 2.45) is 29.6 Å². The molecule has 0 radical (unpaired) electrons. The lowest BCUT2D eigenvalue weighted by Crippen LogP contribution is -2.25. The molecule has 5 saturated carbocycles. The molecule has 0 nitrogen and oxygen atoms in total. The smallest absolute Gasteiger partial charge is 0.0149 e. The molecule has 0 aromatic heterocycles. The highest BCUT2D eigenvalue weighted by atomic mass is 32.2. The predicted octanol–water partition coefficient (Wildman–Crippen LogP) is 12.1. The van der Waals surface area contributed by atoms with Gasteiger partial charge >= 0.3 is 0 Å². The van der Waals surface area contributed by atoms with Gasteiger partial charge in [-0.05, 0) is 166 Å². The largest absolute Gasteiger partial charge is 0.162 e. The fraction of sp³-hybridized carbons (Fsp3) is 1.00. The van der Waals surface area contributed by atoms with E-state index in [2.05, 4.69) is 106 Å². The maximum atomic E-state index is 2.34. The lowest BCUT2D eigenvalue weighted by Gasteiger charge is -2.29. The molecule has 7 aliphatic rings. The Hall–Kier alpha value is 3.15. The molecule has 5 unspecified atom stereocenters. The van der Waals surface area contributed by atoms with Crippen LogP contribution in [-0.2, 0) is 0 Å². The molecule has 9 heteroatoms. The average Bonchev–Trinajstić information content (AvgIpc) is 3.84. The van der Waals surface area contributed by atoms with E-state index in [0.717, 1.165) is 55.8 Å². The Morgan fingerprint density at radius 2 is 0.848 bits per heavy atom. The molecular weight excluding hydrogens is 733 g/mol. The summed E-state index contributed by atoms with van der Waals surface area (Å²) in [6.45, 7) is 0. The summed E-state index contributed by atoms with van der Waals surface area (Å²) in [4.78, 5) is 0. The van der Waals surface area contributed by atoms with E-state index in [1.165, 1.54) is 165 Å². The van der Waals surface area contributed by atoms with Gasteiger partial charge in [0.25, 0.3) is 0 Å². The first-order valence-electron chi connectivity index (χ1n) is 19.1. The van der Waals surface area contributed by atoms with Crippen LogP contribution in [0.15, 0.2) is 0 Å². The van der Waals surface area contributed by atoms with Crippen molar-refractivity contribution < 1.29 is 0 Å². The van der Waals surface area contributed by atoms with Crippen molar-refractivity contribution in [1.29, 1.82) is 0 Å². The fourth-order valence-electron chi connectivity index (χ4n) is 5.76. The van der Waals surface area contributed by atoms with Gasteiger partial charge in [-0.15, -0.1) is 0 Å². The number of thioether (sulfide) groups is 9. The van der Waals surface area contributed by atoms with Gasteiger partial charge in [-0.25, -0.2) is 0 Å². The van der Waals surface area contributed by atoms with Crippen molar-refractivity contribution in [1.82, 2.24) is 0 Å². The first-order valence-corrected chi connectivity index (χ1v) is 29.0. The zero-order chi connectivity index (χ0) is 31.2. The number of rotatable bonds is 21. The molecule has 0 aromatic carbocycles. The van der Waals surface area contributed by atoms with Gasteiger partial charge in [0.05, 0.1) is 0 Å². The molecule has 0 bridgehead atoms. The van der Waals surface area contributed by atoms with Crippen LogP contribution in [0.4, 0.5) is 0 Å². The van der Waals surface area contributed by atoms with E-state index in [4.69, 9.17) is 0 Å². The first kappa shape index (κ1) is 38.9. The minimum absolute atomic E-state index is 0.923. The van der Waals surface area contributed by atoms with Gasteiger partial charge in [-0.3, -0.25) is 0 Å². The molecule has 266 valence electrons. The second kappa shape index (κ2) is 22.4. The van der Waals surface area contributed by atoms with Crippen LogP contribution in [0, 0.1) is 29.6 Å². The van der Waals surface area contributed by atoms with Gasteiger partial charge in [0.2, 0.25) is 0 Å². The monoisotopic (exact) mass is 796 g/mol. The Morgan fingerprint density at radius 1 is 0.391 bits per heavy atom. The molecular formula is C37H64S9. The maximum Gasteiger partial charge on any atom is 0.0149 e. The van der Waals surface area contributed by atoms with Crippen molar-refractivity contribution in [3.05, 3.63) is 0 Å². The minimum atomic E-state index is 0.923. The fourth-order valence-corrected chi connectivity index (χ4v) is 19.7. The molecule has 5 atom stereocenters. The summed E-state index contributed by atoms with van der Waals surface area (Å²) in [6, 6.07) is 0. The summed E-state index contributed by atoms with van der Waals surface area (Å²) in [6.07, 6.45) is 21.0. The van der Waals surface area contributed by atoms with Crippen molar-refractivity contribution in [2.45, 2.75) is 116 Å². The topological polar surface area (TPSA) is 0 Å². The lowest BCUT2D eigenvalue weighted by atomic mass is 10.2. The third-order valence-electron chi connectivity index (χ3n) is 10.1. The third kappa shape index (κ3) is 18.3. The van der Waals surface area contributed by atoms with Gasteiger partial charge in [-0.1, -0.05) is 0 Å². The molecule has 5 aliphatic carbocycles. The van der Waals surface area contributed by atoms with E-state index >= 15 is 0 Å². The summed E-state index contributed by atoms with van der Waals surface area (Å²) in [5.41, 5.74) is 0. The first-order chi connectivity index (χ1) is 22.7. The Bertz CT molecular complexity index is 811. The number of hydrogen-bond donors (Lipinski definition) is 0. The Balaban J connectivity index is 0.000000167. The van der Waals surface area contributed by atoms with Gasteiger partial charge in [0.1, 0.15) is 0 Å². The normalized spacial score (nSPS) is 32.2. The quantitative estimate of drug-likeness (QED) is 0.103. The van der Waals surface area contributed by atoms with Crippen LogP contribution in [0.2, 0.25) is 0 Å². The van der Waals surface area contributed by atoms with Crippen LogP contribution < -0.4 is 0 Å².